The van der Waals surface area contributed by atoms with Gasteiger partial charge in [-0.3, -0.25) is 0 Å². The summed E-state index contributed by atoms with van der Waals surface area (Å²) < 4.78 is 39.8. The minimum atomic E-state index is -2.02. The van der Waals surface area contributed by atoms with E-state index in [1.165, 1.54) is 12.2 Å². The molecule has 0 saturated carbocycles. The van der Waals surface area contributed by atoms with Crippen LogP contribution in [0.5, 0.6) is 0 Å². The molecule has 13 N–H and O–H groups in total. The van der Waals surface area contributed by atoms with Crippen LogP contribution in [-0.2, 0) is 33.2 Å². The van der Waals surface area contributed by atoms with Crippen LogP contribution in [0.3, 0.4) is 0 Å². The predicted molar refractivity (Wildman–Crippen MR) is 144 cm³/mol. The van der Waals surface area contributed by atoms with Crippen LogP contribution < -0.4 is 0 Å². The smallest absolute Gasteiger partial charge is 0.211 e. The number of hydrogen-bond acceptors (Lipinski definition) is 20. The van der Waals surface area contributed by atoms with E-state index in [-0.39, 0.29) is 5.57 Å². The maximum atomic E-state index is 11.3. The second kappa shape index (κ2) is 14.8. The second-order valence-electron chi connectivity index (χ2n) is 11.9. The average Bonchev–Trinajstić information content (AvgIpc) is 3.35. The SMILES string of the molecule is OCC1=CC(O)[C@]2(OC3OC(CO)C(O)C(O)C3OC3OC(CO)C(O)C(O)C3O)C=COC(OC3OC(CO)C(O)C(O)C3O)C12. The molecular weight excluding hydrogens is 644 g/mol. The number of aliphatic hydroxyl groups excluding tert-OH is 13. The van der Waals surface area contributed by atoms with Gasteiger partial charge in [-0.25, -0.2) is 0 Å². The molecule has 47 heavy (non-hydrogen) atoms. The lowest BCUT2D eigenvalue weighted by Gasteiger charge is -2.50. The Balaban J connectivity index is 1.44. The fourth-order valence-corrected chi connectivity index (χ4v) is 6.39. The molecule has 5 aliphatic rings. The quantitative estimate of drug-likeness (QED) is 0.0949. The molecule has 0 amide bonds. The van der Waals surface area contributed by atoms with Crippen LogP contribution in [0.15, 0.2) is 24.0 Å². The molecule has 18 unspecified atom stereocenters. The maximum absolute atomic E-state index is 11.3. The van der Waals surface area contributed by atoms with Gasteiger partial charge in [0, 0.05) is 0 Å². The maximum Gasteiger partial charge on any atom is 0.211 e. The largest absolute Gasteiger partial charge is 0.472 e. The third-order valence-corrected chi connectivity index (χ3v) is 9.12. The lowest BCUT2D eigenvalue weighted by Crippen LogP contribution is -2.67. The summed E-state index contributed by atoms with van der Waals surface area (Å²) in [5, 5.41) is 134. The lowest BCUT2D eigenvalue weighted by molar-refractivity contribution is -0.388. The Morgan fingerprint density at radius 2 is 1.06 bits per heavy atom. The summed E-state index contributed by atoms with van der Waals surface area (Å²) in [7, 11) is 0. The van der Waals surface area contributed by atoms with E-state index in [9.17, 15) is 66.4 Å². The van der Waals surface area contributed by atoms with E-state index in [1.807, 2.05) is 0 Å². The number of aliphatic hydroxyl groups is 13. The summed E-state index contributed by atoms with van der Waals surface area (Å²) >= 11 is 0. The highest BCUT2D eigenvalue weighted by Crippen LogP contribution is 2.48. The second-order valence-corrected chi connectivity index (χ2v) is 11.9. The van der Waals surface area contributed by atoms with E-state index in [0.29, 0.717) is 0 Å². The van der Waals surface area contributed by atoms with Crippen molar-refractivity contribution in [3.05, 3.63) is 24.0 Å². The van der Waals surface area contributed by atoms with Gasteiger partial charge in [-0.1, -0.05) is 6.08 Å². The van der Waals surface area contributed by atoms with Crippen molar-refractivity contribution in [3.63, 3.8) is 0 Å². The summed E-state index contributed by atoms with van der Waals surface area (Å²) in [6.07, 6.45) is -26.0. The minimum absolute atomic E-state index is 0.0675. The molecule has 20 heteroatoms. The zero-order chi connectivity index (χ0) is 34.4. The highest BCUT2D eigenvalue weighted by molar-refractivity contribution is 5.34. The first-order valence-electron chi connectivity index (χ1n) is 14.9. The van der Waals surface area contributed by atoms with Crippen LogP contribution in [-0.4, -0.2) is 203 Å². The molecule has 0 aromatic rings. The monoisotopic (exact) mass is 686 g/mol. The molecule has 0 spiro atoms. The first-order valence-corrected chi connectivity index (χ1v) is 14.9. The van der Waals surface area contributed by atoms with E-state index in [2.05, 4.69) is 0 Å². The predicted octanol–water partition coefficient (Wildman–Crippen LogP) is -8.04. The van der Waals surface area contributed by atoms with Gasteiger partial charge in [-0.15, -0.1) is 0 Å². The van der Waals surface area contributed by atoms with Crippen LogP contribution in [0.4, 0.5) is 0 Å². The molecule has 0 aromatic heterocycles. The van der Waals surface area contributed by atoms with Crippen molar-refractivity contribution in [2.45, 2.75) is 110 Å². The summed E-state index contributed by atoms with van der Waals surface area (Å²) in [6.45, 7) is -3.11. The lowest BCUT2D eigenvalue weighted by atomic mass is 9.82. The average molecular weight is 687 g/mol. The fraction of sp³-hybridized carbons (Fsp3) is 0.852. The van der Waals surface area contributed by atoms with Crippen molar-refractivity contribution in [3.8, 4) is 0 Å². The van der Waals surface area contributed by atoms with Gasteiger partial charge < -0.3 is 99.5 Å². The van der Waals surface area contributed by atoms with E-state index in [1.54, 1.807) is 0 Å². The van der Waals surface area contributed by atoms with Gasteiger partial charge in [0.2, 0.25) is 6.29 Å². The van der Waals surface area contributed by atoms with E-state index in [0.717, 1.165) is 6.26 Å². The number of rotatable bonds is 10. The van der Waals surface area contributed by atoms with Gasteiger partial charge in [0.05, 0.1) is 38.6 Å². The van der Waals surface area contributed by atoms with E-state index >= 15 is 0 Å². The van der Waals surface area contributed by atoms with Crippen molar-refractivity contribution in [1.82, 2.24) is 0 Å². The van der Waals surface area contributed by atoms with Crippen LogP contribution in [0, 0.1) is 5.92 Å². The first kappa shape index (κ1) is 36.8. The topological polar surface area (TPSA) is 328 Å². The van der Waals surface area contributed by atoms with Crippen molar-refractivity contribution in [2.24, 2.45) is 5.92 Å². The van der Waals surface area contributed by atoms with Crippen LogP contribution in [0.25, 0.3) is 0 Å². The van der Waals surface area contributed by atoms with Crippen molar-refractivity contribution in [2.75, 3.05) is 26.4 Å². The summed E-state index contributed by atoms with van der Waals surface area (Å²) in [4.78, 5) is 0. The molecule has 3 fully saturated rings. The Hall–Kier alpha value is -1.48. The molecule has 5 rings (SSSR count). The molecule has 0 radical (unpaired) electrons. The van der Waals surface area contributed by atoms with Crippen LogP contribution in [0.2, 0.25) is 0 Å². The van der Waals surface area contributed by atoms with E-state index in [4.69, 9.17) is 33.2 Å². The summed E-state index contributed by atoms with van der Waals surface area (Å²) in [5.74, 6) is -1.31. The highest BCUT2D eigenvalue weighted by atomic mass is 16.8. The van der Waals surface area contributed by atoms with Gasteiger partial charge in [0.15, 0.2) is 18.9 Å². The molecule has 3 saturated heterocycles. The molecule has 0 aromatic carbocycles. The molecule has 4 aliphatic heterocycles. The van der Waals surface area contributed by atoms with Crippen LogP contribution >= 0.6 is 0 Å². The number of fused-ring (bicyclic) bond motifs is 1. The van der Waals surface area contributed by atoms with Gasteiger partial charge >= 0.3 is 0 Å². The minimum Gasteiger partial charge on any atom is -0.472 e. The Bertz CT molecular complexity index is 1110. The Morgan fingerprint density at radius 3 is 1.57 bits per heavy atom. The van der Waals surface area contributed by atoms with Crippen molar-refractivity contribution >= 4 is 0 Å². The standard InChI is InChI=1S/C27H42O20/c28-4-8-3-12(32)27(1-2-41-23(13(8)27)46-25-21(40)18(37)15(34)10(6-30)43-25)47-26-22(19(38)16(35)11(7-31)44-26)45-24-20(39)17(36)14(33)9(5-29)42-24/h1-3,9-26,28-40H,4-7H2/t9?,10?,11?,12?,13?,14?,15?,16?,17?,18?,19?,20?,21?,22?,23?,24?,25?,26?,27-/m1/s1. The third kappa shape index (κ3) is 6.59. The van der Waals surface area contributed by atoms with Crippen LogP contribution in [0.1, 0.15) is 0 Å². The van der Waals surface area contributed by atoms with E-state index < -0.39 is 142 Å². The number of ether oxygens (including phenoxy) is 7. The summed E-state index contributed by atoms with van der Waals surface area (Å²) in [6, 6.07) is 0. The van der Waals surface area contributed by atoms with Gasteiger partial charge in [0.1, 0.15) is 85.0 Å². The zero-order valence-electron chi connectivity index (χ0n) is 24.6. The van der Waals surface area contributed by atoms with Gasteiger partial charge in [-0.05, 0) is 11.6 Å². The normalized spacial score (nSPS) is 51.7. The molecule has 0 bridgehead atoms. The molecule has 20 nitrogen and oxygen atoms in total. The van der Waals surface area contributed by atoms with Crippen molar-refractivity contribution in [1.29, 1.82) is 0 Å². The Kier molecular flexibility index (Phi) is 11.6. The number of hydrogen-bond donors (Lipinski definition) is 13. The molecule has 4 heterocycles. The fourth-order valence-electron chi connectivity index (χ4n) is 6.39. The third-order valence-electron chi connectivity index (χ3n) is 9.12. The highest BCUT2D eigenvalue weighted by Gasteiger charge is 2.61. The Labute approximate surface area is 266 Å². The molecule has 1 aliphatic carbocycles. The summed E-state index contributed by atoms with van der Waals surface area (Å²) in [5.41, 5.74) is -1.95. The molecule has 270 valence electrons. The first-order chi connectivity index (χ1) is 22.3. The molecular formula is C27H42O20. The zero-order valence-corrected chi connectivity index (χ0v) is 24.6. The van der Waals surface area contributed by atoms with Gasteiger partial charge in [0.25, 0.3) is 0 Å². The van der Waals surface area contributed by atoms with Gasteiger partial charge in [-0.2, -0.15) is 0 Å². The Morgan fingerprint density at radius 1 is 0.574 bits per heavy atom. The van der Waals surface area contributed by atoms with Crippen molar-refractivity contribution < 1.29 is 99.5 Å². The molecule has 19 atom stereocenters.